The number of piperazine rings is 1. The van der Waals surface area contributed by atoms with Crippen molar-refractivity contribution < 1.29 is 23.9 Å². The number of benzene rings is 1. The highest BCUT2D eigenvalue weighted by molar-refractivity contribution is 7.80. The van der Waals surface area contributed by atoms with E-state index in [-0.39, 0.29) is 23.5 Å². The van der Waals surface area contributed by atoms with Crippen LogP contribution in [0.1, 0.15) is 50.9 Å². The Balaban J connectivity index is 2.07. The highest BCUT2D eigenvalue weighted by atomic mass is 32.1. The summed E-state index contributed by atoms with van der Waals surface area (Å²) in [6.07, 6.45) is 0.423. The van der Waals surface area contributed by atoms with E-state index in [0.717, 1.165) is 6.42 Å². The van der Waals surface area contributed by atoms with Crippen molar-refractivity contribution >= 4 is 35.1 Å². The van der Waals surface area contributed by atoms with Crippen molar-refractivity contribution in [3.63, 3.8) is 0 Å². The smallest absolute Gasteiger partial charge is 0.308 e. The van der Waals surface area contributed by atoms with E-state index in [4.69, 9.17) is 21.7 Å². The maximum Gasteiger partial charge on any atom is 0.308 e. The van der Waals surface area contributed by atoms with Gasteiger partial charge in [0, 0.05) is 13.1 Å². The van der Waals surface area contributed by atoms with E-state index in [1.165, 1.54) is 0 Å². The van der Waals surface area contributed by atoms with Crippen molar-refractivity contribution in [3.8, 4) is 5.75 Å². The molecule has 1 aromatic carbocycles. The monoisotopic (exact) mass is 449 g/mol. The molecule has 0 bridgehead atoms. The van der Waals surface area contributed by atoms with E-state index in [1.54, 1.807) is 43.0 Å². The topological polar surface area (TPSA) is 97.0 Å². The van der Waals surface area contributed by atoms with Crippen molar-refractivity contribution in [3.05, 3.63) is 29.8 Å². The molecule has 170 valence electrons. The Hall–Kier alpha value is -2.68. The van der Waals surface area contributed by atoms with Gasteiger partial charge in [0.05, 0.1) is 24.7 Å². The van der Waals surface area contributed by atoms with E-state index in [9.17, 15) is 14.4 Å². The first-order valence-corrected chi connectivity index (χ1v) is 10.9. The number of nitrogens with zero attached hydrogens (tertiary/aromatic N) is 1. The first-order chi connectivity index (χ1) is 14.7. The molecule has 1 aliphatic heterocycles. The number of amides is 2. The number of nitrogens with one attached hydrogen (secondary N) is 2. The molecule has 0 radical (unpaired) electrons. The minimum Gasteiger partial charge on any atom is -0.493 e. The molecule has 8 nitrogen and oxygen atoms in total. The van der Waals surface area contributed by atoms with Gasteiger partial charge < -0.3 is 19.7 Å². The van der Waals surface area contributed by atoms with Crippen LogP contribution in [0.5, 0.6) is 5.75 Å². The molecule has 0 aromatic heterocycles. The molecule has 1 saturated heterocycles. The molecule has 2 rings (SSSR count). The van der Waals surface area contributed by atoms with Crippen LogP contribution in [-0.4, -0.2) is 59.6 Å². The van der Waals surface area contributed by atoms with E-state index < -0.39 is 17.9 Å². The van der Waals surface area contributed by atoms with E-state index >= 15 is 0 Å². The lowest BCUT2D eigenvalue weighted by Crippen LogP contribution is -2.60. The third-order valence-electron chi connectivity index (χ3n) is 4.62. The molecule has 1 fully saturated rings. The Morgan fingerprint density at radius 2 is 1.97 bits per heavy atom. The van der Waals surface area contributed by atoms with Crippen LogP contribution >= 0.6 is 12.2 Å². The van der Waals surface area contributed by atoms with Crippen LogP contribution in [0.2, 0.25) is 0 Å². The van der Waals surface area contributed by atoms with Gasteiger partial charge in [-0.1, -0.05) is 26.0 Å². The molecule has 1 aliphatic rings. The molecule has 1 unspecified atom stereocenters. The van der Waals surface area contributed by atoms with Gasteiger partial charge in [0.15, 0.2) is 5.11 Å². The number of ether oxygens (including phenoxy) is 2. The predicted molar refractivity (Wildman–Crippen MR) is 121 cm³/mol. The molecule has 9 heteroatoms. The van der Waals surface area contributed by atoms with Crippen LogP contribution in [0.25, 0.3) is 0 Å². The number of rotatable bonds is 8. The van der Waals surface area contributed by atoms with Gasteiger partial charge in [0.2, 0.25) is 5.91 Å². The van der Waals surface area contributed by atoms with Gasteiger partial charge >= 0.3 is 5.97 Å². The van der Waals surface area contributed by atoms with Crippen LogP contribution in [0.3, 0.4) is 0 Å². The Kier molecular flexibility index (Phi) is 9.23. The maximum atomic E-state index is 12.9. The van der Waals surface area contributed by atoms with Crippen molar-refractivity contribution in [2.75, 3.05) is 19.7 Å². The molecular formula is C22H31N3O5S. The lowest BCUT2D eigenvalue weighted by molar-refractivity contribution is -0.150. The molecule has 1 atom stereocenters. The Bertz CT molecular complexity index is 812. The summed E-state index contributed by atoms with van der Waals surface area (Å²) in [4.78, 5) is 38.9. The second-order valence-corrected chi connectivity index (χ2v) is 8.42. The first-order valence-electron chi connectivity index (χ1n) is 10.5. The minimum atomic E-state index is -0.842. The highest BCUT2D eigenvalue weighted by Crippen LogP contribution is 2.19. The Labute approximate surface area is 188 Å². The highest BCUT2D eigenvalue weighted by Gasteiger charge is 2.34. The molecule has 0 aliphatic carbocycles. The first kappa shape index (κ1) is 24.6. The number of carbonyl (C=O) groups is 3. The van der Waals surface area contributed by atoms with Crippen LogP contribution in [0.4, 0.5) is 0 Å². The summed E-state index contributed by atoms with van der Waals surface area (Å²) in [5.41, 5.74) is 0.353. The zero-order valence-electron chi connectivity index (χ0n) is 18.5. The summed E-state index contributed by atoms with van der Waals surface area (Å²) in [7, 11) is 0. The summed E-state index contributed by atoms with van der Waals surface area (Å²) >= 11 is 5.41. The van der Waals surface area contributed by atoms with Gasteiger partial charge in [-0.2, -0.15) is 0 Å². The van der Waals surface area contributed by atoms with E-state index in [2.05, 4.69) is 24.5 Å². The van der Waals surface area contributed by atoms with Crippen LogP contribution < -0.4 is 15.4 Å². The lowest BCUT2D eigenvalue weighted by atomic mass is 10.1. The number of esters is 1. The van der Waals surface area contributed by atoms with Gasteiger partial charge in [-0.05, 0) is 50.5 Å². The fourth-order valence-electron chi connectivity index (χ4n) is 3.05. The standard InChI is InChI=1S/C22H31N3O5S/c1-14(2)9-12-29-18-8-6-5-7-16(18)20(27)24-22(31)25-11-10-23-21(28)17(25)13-19(26)30-15(3)4/h5-8,14-15,17H,9-13H2,1-4H3,(H,23,28)(H,24,27,31). The predicted octanol–water partition coefficient (Wildman–Crippen LogP) is 2.27. The molecule has 2 amide bonds. The summed E-state index contributed by atoms with van der Waals surface area (Å²) in [5.74, 6) is -0.310. The van der Waals surface area contributed by atoms with Gasteiger partial charge in [-0.15, -0.1) is 0 Å². The van der Waals surface area contributed by atoms with Gasteiger partial charge in [0.25, 0.3) is 5.91 Å². The van der Waals surface area contributed by atoms with Crippen molar-refractivity contribution in [2.45, 2.75) is 52.7 Å². The Morgan fingerprint density at radius 1 is 1.26 bits per heavy atom. The number of hydrogen-bond donors (Lipinski definition) is 2. The second-order valence-electron chi connectivity index (χ2n) is 8.03. The van der Waals surface area contributed by atoms with Crippen molar-refractivity contribution in [1.29, 1.82) is 0 Å². The molecular weight excluding hydrogens is 418 g/mol. The summed E-state index contributed by atoms with van der Waals surface area (Å²) < 4.78 is 10.9. The number of thiocarbonyl (C=S) groups is 1. The minimum absolute atomic E-state index is 0.0826. The number of hydrogen-bond acceptors (Lipinski definition) is 6. The third kappa shape index (κ3) is 7.50. The molecule has 0 spiro atoms. The molecule has 0 saturated carbocycles. The van der Waals surface area contributed by atoms with Gasteiger partial charge in [0.1, 0.15) is 11.8 Å². The molecule has 1 aromatic rings. The van der Waals surface area contributed by atoms with Crippen LogP contribution in [-0.2, 0) is 14.3 Å². The molecule has 1 heterocycles. The zero-order valence-corrected chi connectivity index (χ0v) is 19.3. The summed E-state index contributed by atoms with van der Waals surface area (Å²) in [6, 6.07) is 6.09. The molecule has 2 N–H and O–H groups in total. The summed E-state index contributed by atoms with van der Waals surface area (Å²) in [6.45, 7) is 8.91. The van der Waals surface area contributed by atoms with E-state index in [0.29, 0.717) is 36.9 Å². The second kappa shape index (κ2) is 11.6. The largest absolute Gasteiger partial charge is 0.493 e. The van der Waals surface area contributed by atoms with Crippen molar-refractivity contribution in [1.82, 2.24) is 15.5 Å². The molecule has 31 heavy (non-hydrogen) atoms. The fraction of sp³-hybridized carbons (Fsp3) is 0.545. The SMILES string of the molecule is CC(C)CCOc1ccccc1C(=O)NC(=S)N1CCNC(=O)C1CC(=O)OC(C)C. The van der Waals surface area contributed by atoms with E-state index in [1.807, 2.05) is 0 Å². The fourth-order valence-corrected chi connectivity index (χ4v) is 3.36. The average molecular weight is 450 g/mol. The average Bonchev–Trinajstić information content (AvgIpc) is 2.68. The van der Waals surface area contributed by atoms with Gasteiger partial charge in [-0.3, -0.25) is 19.7 Å². The summed E-state index contributed by atoms with van der Waals surface area (Å²) in [5, 5.41) is 5.48. The lowest BCUT2D eigenvalue weighted by Gasteiger charge is -2.36. The van der Waals surface area contributed by atoms with Crippen LogP contribution in [0.15, 0.2) is 24.3 Å². The third-order valence-corrected chi connectivity index (χ3v) is 4.96. The van der Waals surface area contributed by atoms with Crippen molar-refractivity contribution in [2.24, 2.45) is 5.92 Å². The number of carbonyl (C=O) groups excluding carboxylic acids is 3. The maximum absolute atomic E-state index is 12.9. The zero-order chi connectivity index (χ0) is 23.0. The van der Waals surface area contributed by atoms with Gasteiger partial charge in [-0.25, -0.2) is 0 Å². The Morgan fingerprint density at radius 3 is 2.65 bits per heavy atom. The van der Waals surface area contributed by atoms with Crippen LogP contribution in [0, 0.1) is 5.92 Å². The quantitative estimate of drug-likeness (QED) is 0.464. The normalized spacial score (nSPS) is 16.1. The number of para-hydroxylation sites is 1.